The second kappa shape index (κ2) is 7.90. The average molecular weight is 407 g/mol. The highest BCUT2D eigenvalue weighted by atomic mass is 32.1. The molecular weight excluding hydrogens is 384 g/mol. The second-order valence-electron chi connectivity index (χ2n) is 7.31. The minimum Gasteiger partial charge on any atom is -0.390 e. The summed E-state index contributed by atoms with van der Waals surface area (Å²) in [4.78, 5) is 2.31. The molecule has 0 spiro atoms. The Morgan fingerprint density at radius 3 is 2.86 bits per heavy atom. The van der Waals surface area contributed by atoms with Crippen LogP contribution in [0.25, 0.3) is 17.0 Å². The molecule has 0 fully saturated rings. The summed E-state index contributed by atoms with van der Waals surface area (Å²) >= 11 is 1.61. The molecule has 4 heterocycles. The lowest BCUT2D eigenvalue weighted by Crippen LogP contribution is -2.39. The van der Waals surface area contributed by atoms with Crippen molar-refractivity contribution in [3.63, 3.8) is 0 Å². The van der Waals surface area contributed by atoms with Crippen molar-refractivity contribution in [3.05, 3.63) is 64.4 Å². The Bertz CT molecular complexity index is 1110. The van der Waals surface area contributed by atoms with Crippen molar-refractivity contribution in [2.75, 3.05) is 25.0 Å². The first-order chi connectivity index (χ1) is 14.3. The maximum atomic E-state index is 10.5. The summed E-state index contributed by atoms with van der Waals surface area (Å²) in [5.41, 5.74) is 4.48. The smallest absolute Gasteiger partial charge is 0.186 e. The molecular formula is C21H22N6OS. The molecule has 1 aliphatic rings. The highest BCUT2D eigenvalue weighted by Crippen LogP contribution is 2.21. The molecule has 1 atom stereocenters. The van der Waals surface area contributed by atoms with Gasteiger partial charge in [-0.2, -0.15) is 15.9 Å². The fraction of sp³-hybridized carbons (Fsp3) is 0.286. The van der Waals surface area contributed by atoms with Gasteiger partial charge in [0, 0.05) is 37.1 Å². The van der Waals surface area contributed by atoms with Crippen LogP contribution in [0.2, 0.25) is 0 Å². The van der Waals surface area contributed by atoms with Gasteiger partial charge in [-0.15, -0.1) is 15.3 Å². The van der Waals surface area contributed by atoms with Crippen molar-refractivity contribution >= 4 is 22.8 Å². The predicted molar refractivity (Wildman–Crippen MR) is 114 cm³/mol. The Morgan fingerprint density at radius 2 is 2.00 bits per heavy atom. The van der Waals surface area contributed by atoms with Crippen LogP contribution in [0.15, 0.2) is 53.2 Å². The fourth-order valence-electron chi connectivity index (χ4n) is 3.75. The van der Waals surface area contributed by atoms with Crippen LogP contribution in [0.1, 0.15) is 11.1 Å². The molecule has 7 nitrogen and oxygen atoms in total. The normalized spacial score (nSPS) is 15.3. The number of aliphatic hydroxyl groups excluding tert-OH is 1. The Balaban J connectivity index is 1.22. The Morgan fingerprint density at radius 1 is 1.10 bits per heavy atom. The highest BCUT2D eigenvalue weighted by molar-refractivity contribution is 7.08. The Kier molecular flexibility index (Phi) is 4.97. The number of hydrogen-bond donors (Lipinski definition) is 2. The van der Waals surface area contributed by atoms with E-state index in [1.165, 1.54) is 11.1 Å². The second-order valence-corrected chi connectivity index (χ2v) is 8.09. The number of thiophene rings is 1. The van der Waals surface area contributed by atoms with Crippen molar-refractivity contribution < 1.29 is 5.11 Å². The van der Waals surface area contributed by atoms with E-state index in [1.807, 2.05) is 29.0 Å². The van der Waals surface area contributed by atoms with Crippen LogP contribution >= 0.6 is 11.3 Å². The van der Waals surface area contributed by atoms with Gasteiger partial charge in [0.1, 0.15) is 5.82 Å². The number of β-amino-alcohol motifs (C(OH)–C–C–N with tert-alkyl or cyclic N) is 1. The van der Waals surface area contributed by atoms with Crippen molar-refractivity contribution in [3.8, 4) is 11.4 Å². The van der Waals surface area contributed by atoms with Gasteiger partial charge in [0.25, 0.3) is 0 Å². The molecule has 1 aliphatic heterocycles. The molecule has 1 aromatic carbocycles. The maximum Gasteiger partial charge on any atom is 0.186 e. The summed E-state index contributed by atoms with van der Waals surface area (Å²) in [7, 11) is 0. The van der Waals surface area contributed by atoms with Crippen LogP contribution in [-0.4, -0.2) is 55.6 Å². The summed E-state index contributed by atoms with van der Waals surface area (Å²) in [6, 6.07) is 14.3. The van der Waals surface area contributed by atoms with Crippen molar-refractivity contribution in [1.29, 1.82) is 0 Å². The molecule has 0 radical (unpaired) electrons. The first-order valence-electron chi connectivity index (χ1n) is 9.72. The molecule has 0 aliphatic carbocycles. The maximum absolute atomic E-state index is 10.5. The molecule has 5 rings (SSSR count). The van der Waals surface area contributed by atoms with E-state index in [0.717, 1.165) is 30.9 Å². The third-order valence-corrected chi connectivity index (χ3v) is 5.92. The van der Waals surface area contributed by atoms with Gasteiger partial charge in [-0.1, -0.05) is 24.3 Å². The van der Waals surface area contributed by atoms with E-state index in [1.54, 1.807) is 15.9 Å². The first kappa shape index (κ1) is 18.2. The van der Waals surface area contributed by atoms with Gasteiger partial charge in [-0.25, -0.2) is 0 Å². The number of aromatic nitrogens is 4. The van der Waals surface area contributed by atoms with E-state index in [2.05, 4.69) is 49.8 Å². The monoisotopic (exact) mass is 406 g/mol. The van der Waals surface area contributed by atoms with E-state index >= 15 is 0 Å². The third-order valence-electron chi connectivity index (χ3n) is 5.24. The lowest BCUT2D eigenvalue weighted by Gasteiger charge is -2.30. The summed E-state index contributed by atoms with van der Waals surface area (Å²) < 4.78 is 1.73. The van der Waals surface area contributed by atoms with Gasteiger partial charge in [0.2, 0.25) is 0 Å². The summed E-state index contributed by atoms with van der Waals surface area (Å²) in [6.45, 7) is 2.94. The lowest BCUT2D eigenvalue weighted by molar-refractivity contribution is 0.114. The SMILES string of the molecule is OC(CNc1ccc2nnc(-c3ccsc3)n2n1)CN1CCc2ccccc2C1. The Hall–Kier alpha value is -2.81. The van der Waals surface area contributed by atoms with E-state index in [-0.39, 0.29) is 0 Å². The molecule has 2 N–H and O–H groups in total. The third kappa shape index (κ3) is 3.87. The van der Waals surface area contributed by atoms with Crippen LogP contribution in [-0.2, 0) is 13.0 Å². The molecule has 1 unspecified atom stereocenters. The quantitative estimate of drug-likeness (QED) is 0.513. The van der Waals surface area contributed by atoms with E-state index in [4.69, 9.17) is 0 Å². The minimum absolute atomic E-state index is 0.437. The summed E-state index contributed by atoms with van der Waals surface area (Å²) in [5, 5.41) is 30.8. The predicted octanol–water partition coefficient (Wildman–Crippen LogP) is 2.68. The zero-order valence-electron chi connectivity index (χ0n) is 15.9. The van der Waals surface area contributed by atoms with Crippen molar-refractivity contribution in [2.45, 2.75) is 19.1 Å². The average Bonchev–Trinajstić information content (AvgIpc) is 3.41. The number of nitrogens with zero attached hydrogens (tertiary/aromatic N) is 5. The van der Waals surface area contributed by atoms with E-state index in [0.29, 0.717) is 24.6 Å². The number of rotatable bonds is 6. The molecule has 4 aromatic rings. The van der Waals surface area contributed by atoms with Crippen LogP contribution in [0.5, 0.6) is 0 Å². The number of anilines is 1. The molecule has 0 amide bonds. The standard InChI is InChI=1S/C21H22N6OS/c28-18(13-26-9-7-15-3-1-2-4-16(15)12-26)11-22-19-5-6-20-23-24-21(27(20)25-19)17-8-10-29-14-17/h1-6,8,10,14,18,28H,7,9,11-13H2,(H,22,25). The zero-order valence-corrected chi connectivity index (χ0v) is 16.7. The molecule has 148 valence electrons. The Labute approximate surface area is 172 Å². The number of benzene rings is 1. The first-order valence-corrected chi connectivity index (χ1v) is 10.7. The van der Waals surface area contributed by atoms with Crippen molar-refractivity contribution in [1.82, 2.24) is 24.7 Å². The topological polar surface area (TPSA) is 78.6 Å². The number of nitrogens with one attached hydrogen (secondary N) is 1. The zero-order chi connectivity index (χ0) is 19.6. The van der Waals surface area contributed by atoms with Crippen LogP contribution in [0.4, 0.5) is 5.82 Å². The highest BCUT2D eigenvalue weighted by Gasteiger charge is 2.18. The molecule has 3 aromatic heterocycles. The summed E-state index contributed by atoms with van der Waals surface area (Å²) in [5.74, 6) is 1.41. The van der Waals surface area contributed by atoms with Gasteiger partial charge in [0.05, 0.1) is 6.10 Å². The van der Waals surface area contributed by atoms with E-state index in [9.17, 15) is 5.11 Å². The van der Waals surface area contributed by atoms with E-state index < -0.39 is 6.10 Å². The molecule has 29 heavy (non-hydrogen) atoms. The number of aliphatic hydroxyl groups is 1. The summed E-state index contributed by atoms with van der Waals surface area (Å²) in [6.07, 6.45) is 0.558. The van der Waals surface area contributed by atoms with Crippen LogP contribution in [0.3, 0.4) is 0 Å². The molecule has 0 saturated heterocycles. The van der Waals surface area contributed by atoms with Crippen molar-refractivity contribution in [2.24, 2.45) is 0 Å². The molecule has 8 heteroatoms. The number of hydrogen-bond acceptors (Lipinski definition) is 7. The van der Waals surface area contributed by atoms with Gasteiger partial charge in [-0.3, -0.25) is 4.90 Å². The lowest BCUT2D eigenvalue weighted by atomic mass is 10.00. The van der Waals surface area contributed by atoms with Gasteiger partial charge in [0.15, 0.2) is 11.5 Å². The van der Waals surface area contributed by atoms with Gasteiger partial charge in [-0.05, 0) is 41.1 Å². The van der Waals surface area contributed by atoms with Crippen LogP contribution < -0.4 is 5.32 Å². The molecule has 0 bridgehead atoms. The molecule has 0 saturated carbocycles. The van der Waals surface area contributed by atoms with Gasteiger partial charge >= 0.3 is 0 Å². The van der Waals surface area contributed by atoms with Gasteiger partial charge < -0.3 is 10.4 Å². The fourth-order valence-corrected chi connectivity index (χ4v) is 4.38. The number of fused-ring (bicyclic) bond motifs is 2. The van der Waals surface area contributed by atoms with Crippen LogP contribution in [0, 0.1) is 0 Å². The minimum atomic E-state index is -0.477. The largest absolute Gasteiger partial charge is 0.390 e.